The molecule has 1 fully saturated rings. The van der Waals surface area contributed by atoms with Crippen LogP contribution in [-0.2, 0) is 17.1 Å². The molecule has 2 aromatic rings. The van der Waals surface area contributed by atoms with Crippen LogP contribution in [0, 0.1) is 6.92 Å². The molecule has 1 aliphatic heterocycles. The van der Waals surface area contributed by atoms with E-state index in [0.29, 0.717) is 6.54 Å². The van der Waals surface area contributed by atoms with E-state index in [1.54, 1.807) is 20.3 Å². The summed E-state index contributed by atoms with van der Waals surface area (Å²) in [5, 5.41) is 8.56. The van der Waals surface area contributed by atoms with Gasteiger partial charge in [-0.05, 0) is 26.2 Å². The van der Waals surface area contributed by atoms with Crippen molar-refractivity contribution in [2.24, 2.45) is 7.05 Å². The number of hydrogen-bond donors (Lipinski definition) is 1. The molecule has 2 aromatic heterocycles. The smallest absolute Gasteiger partial charge is 0.211 e. The molecular formula is C14H23N5O2S2. The molecule has 3 heterocycles. The topological polar surface area (TPSA) is 80.1 Å². The third-order valence-corrected chi connectivity index (χ3v) is 6.74. The lowest BCUT2D eigenvalue weighted by molar-refractivity contribution is 0.246. The molecule has 0 aliphatic carbocycles. The lowest BCUT2D eigenvalue weighted by Gasteiger charge is -2.33. The van der Waals surface area contributed by atoms with E-state index in [0.717, 1.165) is 53.4 Å². The Morgan fingerprint density at radius 2 is 2.17 bits per heavy atom. The number of aromatic nitrogens is 3. The fraction of sp³-hybridized carbons (Fsp3) is 0.714. The number of thiazole rings is 1. The third kappa shape index (κ3) is 3.51. The molecule has 23 heavy (non-hydrogen) atoms. The maximum Gasteiger partial charge on any atom is 0.211 e. The number of aryl methyl sites for hydroxylation is 2. The first kappa shape index (κ1) is 16.7. The Kier molecular flexibility index (Phi) is 4.61. The Morgan fingerprint density at radius 1 is 1.39 bits per heavy atom. The Labute approximate surface area is 140 Å². The summed E-state index contributed by atoms with van der Waals surface area (Å²) in [6.45, 7) is 3.36. The molecule has 0 unspecified atom stereocenters. The monoisotopic (exact) mass is 357 g/mol. The van der Waals surface area contributed by atoms with Crippen LogP contribution in [-0.4, -0.2) is 52.9 Å². The number of nitrogens with zero attached hydrogens (tertiary/aromatic N) is 4. The Bertz CT molecular complexity index is 761. The summed E-state index contributed by atoms with van der Waals surface area (Å²) in [7, 11) is -1.22. The normalized spacial score (nSPS) is 20.2. The van der Waals surface area contributed by atoms with Gasteiger partial charge in [-0.15, -0.1) is 0 Å². The van der Waals surface area contributed by atoms with Crippen molar-refractivity contribution in [3.63, 3.8) is 0 Å². The van der Waals surface area contributed by atoms with E-state index < -0.39 is 10.0 Å². The summed E-state index contributed by atoms with van der Waals surface area (Å²) < 4.78 is 28.3. The highest BCUT2D eigenvalue weighted by Gasteiger charge is 2.28. The lowest BCUT2D eigenvalue weighted by atomic mass is 10.0. The van der Waals surface area contributed by atoms with Crippen molar-refractivity contribution in [3.05, 3.63) is 5.69 Å². The van der Waals surface area contributed by atoms with E-state index in [1.165, 1.54) is 6.26 Å². The summed E-state index contributed by atoms with van der Waals surface area (Å²) in [5.74, 6) is 0. The Balaban J connectivity index is 1.62. The van der Waals surface area contributed by atoms with Gasteiger partial charge in [0.2, 0.25) is 10.0 Å². The van der Waals surface area contributed by atoms with Crippen LogP contribution < -0.4 is 5.32 Å². The number of nitrogens with one attached hydrogen (secondary N) is 1. The fourth-order valence-electron chi connectivity index (χ4n) is 3.21. The molecule has 7 nitrogen and oxygen atoms in total. The molecule has 0 amide bonds. The minimum atomic E-state index is -3.11. The molecule has 1 saturated heterocycles. The quantitative estimate of drug-likeness (QED) is 0.885. The van der Waals surface area contributed by atoms with Crippen molar-refractivity contribution >= 4 is 36.8 Å². The number of rotatable bonds is 5. The Hall–Kier alpha value is -1.19. The van der Waals surface area contributed by atoms with Crippen molar-refractivity contribution in [1.29, 1.82) is 0 Å². The number of fused-ring (bicyclic) bond motifs is 1. The number of hydrogen-bond acceptors (Lipinski definition) is 6. The second kappa shape index (κ2) is 6.37. The zero-order valence-corrected chi connectivity index (χ0v) is 15.4. The van der Waals surface area contributed by atoms with Gasteiger partial charge in [0, 0.05) is 26.2 Å². The van der Waals surface area contributed by atoms with Gasteiger partial charge >= 0.3 is 0 Å². The van der Waals surface area contributed by atoms with E-state index in [2.05, 4.69) is 15.4 Å². The minimum absolute atomic E-state index is 0.101. The molecule has 0 radical (unpaired) electrons. The average molecular weight is 358 g/mol. The molecule has 1 aliphatic rings. The van der Waals surface area contributed by atoms with E-state index >= 15 is 0 Å². The highest BCUT2D eigenvalue weighted by atomic mass is 32.2. The Morgan fingerprint density at radius 3 is 2.87 bits per heavy atom. The summed E-state index contributed by atoms with van der Waals surface area (Å²) in [5.41, 5.74) is 1.88. The summed E-state index contributed by atoms with van der Waals surface area (Å²) in [6.07, 6.45) is 5.11. The first-order valence-corrected chi connectivity index (χ1v) is 10.5. The highest BCUT2D eigenvalue weighted by molar-refractivity contribution is 7.88. The van der Waals surface area contributed by atoms with Crippen LogP contribution in [0.2, 0.25) is 0 Å². The maximum absolute atomic E-state index is 11.9. The molecule has 0 bridgehead atoms. The van der Waals surface area contributed by atoms with E-state index in [9.17, 15) is 8.42 Å². The second-order valence-electron chi connectivity index (χ2n) is 6.12. The van der Waals surface area contributed by atoms with Crippen molar-refractivity contribution in [2.75, 3.05) is 24.7 Å². The van der Waals surface area contributed by atoms with Gasteiger partial charge < -0.3 is 5.32 Å². The van der Waals surface area contributed by atoms with Crippen LogP contribution in [0.5, 0.6) is 0 Å². The largest absolute Gasteiger partial charge is 0.361 e. The first-order chi connectivity index (χ1) is 10.9. The van der Waals surface area contributed by atoms with Crippen LogP contribution >= 0.6 is 11.3 Å². The molecule has 3 rings (SSSR count). The first-order valence-electron chi connectivity index (χ1n) is 7.87. The number of sulfonamides is 1. The van der Waals surface area contributed by atoms with Crippen LogP contribution in [0.1, 0.15) is 31.4 Å². The van der Waals surface area contributed by atoms with Crippen molar-refractivity contribution in [2.45, 2.75) is 38.6 Å². The predicted octanol–water partition coefficient (Wildman–Crippen LogP) is 1.95. The van der Waals surface area contributed by atoms with Crippen LogP contribution in [0.25, 0.3) is 10.3 Å². The van der Waals surface area contributed by atoms with Gasteiger partial charge in [0.15, 0.2) is 10.8 Å². The molecule has 0 saturated carbocycles. The summed E-state index contributed by atoms with van der Waals surface area (Å²) >= 11 is 1.60. The number of piperidine rings is 1. The van der Waals surface area contributed by atoms with Crippen LogP contribution in [0.3, 0.4) is 0 Å². The zero-order valence-electron chi connectivity index (χ0n) is 13.7. The van der Waals surface area contributed by atoms with Gasteiger partial charge in [0.1, 0.15) is 0 Å². The number of anilines is 1. The van der Waals surface area contributed by atoms with E-state index in [-0.39, 0.29) is 6.04 Å². The van der Waals surface area contributed by atoms with E-state index in [4.69, 9.17) is 0 Å². The molecule has 128 valence electrons. The van der Waals surface area contributed by atoms with Gasteiger partial charge in [-0.1, -0.05) is 17.8 Å². The van der Waals surface area contributed by atoms with Crippen molar-refractivity contribution < 1.29 is 8.42 Å². The predicted molar refractivity (Wildman–Crippen MR) is 93.4 cm³/mol. The van der Waals surface area contributed by atoms with Crippen molar-refractivity contribution in [3.8, 4) is 0 Å². The van der Waals surface area contributed by atoms with Gasteiger partial charge in [-0.2, -0.15) is 9.40 Å². The summed E-state index contributed by atoms with van der Waals surface area (Å²) in [4.78, 5) is 4.56. The fourth-order valence-corrected chi connectivity index (χ4v) is 5.38. The van der Waals surface area contributed by atoms with E-state index in [1.807, 2.05) is 14.0 Å². The molecule has 9 heteroatoms. The van der Waals surface area contributed by atoms with Gasteiger partial charge in [-0.25, -0.2) is 18.1 Å². The summed E-state index contributed by atoms with van der Waals surface area (Å²) in [6, 6.07) is 0.101. The average Bonchev–Trinajstić information content (AvgIpc) is 3.01. The maximum atomic E-state index is 11.9. The standard InChI is InChI=1S/C14H23N5O2S2/c1-10-12-13(18(2)17-10)16-14(22-12)15-8-7-11-6-4-5-9-19(11)23(3,20)21/h11H,4-9H2,1-3H3,(H,15,16)/t11-/m0/s1. The molecule has 1 atom stereocenters. The zero-order chi connectivity index (χ0) is 16.6. The molecular weight excluding hydrogens is 334 g/mol. The molecule has 0 aromatic carbocycles. The van der Waals surface area contributed by atoms with Crippen molar-refractivity contribution in [1.82, 2.24) is 19.1 Å². The third-order valence-electron chi connectivity index (χ3n) is 4.30. The SMILES string of the molecule is Cc1nn(C)c2nc(NCC[C@@H]3CCCCN3S(C)(=O)=O)sc12. The highest BCUT2D eigenvalue weighted by Crippen LogP contribution is 2.28. The van der Waals surface area contributed by atoms with Crippen LogP contribution in [0.15, 0.2) is 0 Å². The van der Waals surface area contributed by atoms with Gasteiger partial charge in [-0.3, -0.25) is 0 Å². The van der Waals surface area contributed by atoms with Crippen LogP contribution in [0.4, 0.5) is 5.13 Å². The van der Waals surface area contributed by atoms with Gasteiger partial charge in [0.05, 0.1) is 16.6 Å². The minimum Gasteiger partial charge on any atom is -0.361 e. The second-order valence-corrected chi connectivity index (χ2v) is 9.05. The molecule has 0 spiro atoms. The van der Waals surface area contributed by atoms with Gasteiger partial charge in [0.25, 0.3) is 0 Å². The molecule has 1 N–H and O–H groups in total. The lowest BCUT2D eigenvalue weighted by Crippen LogP contribution is -2.43.